The van der Waals surface area contributed by atoms with Crippen molar-refractivity contribution < 1.29 is 9.84 Å². The largest absolute Gasteiger partial charge is 0.496 e. The molecule has 0 saturated carbocycles. The Kier molecular flexibility index (Phi) is 3.69. The summed E-state index contributed by atoms with van der Waals surface area (Å²) in [6.07, 6.45) is 3.20. The van der Waals surface area contributed by atoms with Crippen LogP contribution in [0.5, 0.6) is 0 Å². The number of aliphatic hydroxyl groups is 1. The molecule has 0 bridgehead atoms. The maximum Gasteiger partial charge on any atom is 0.118 e. The Morgan fingerprint density at radius 2 is 2.50 bits per heavy atom. The van der Waals surface area contributed by atoms with E-state index in [1.807, 2.05) is 6.08 Å². The molecule has 0 aromatic carbocycles. The summed E-state index contributed by atoms with van der Waals surface area (Å²) in [5.41, 5.74) is 0.859. The van der Waals surface area contributed by atoms with Gasteiger partial charge in [-0.15, -0.1) is 11.8 Å². The molecule has 0 spiro atoms. The first kappa shape index (κ1) is 9.68. The number of hydrogen-bond donors (Lipinski definition) is 1. The van der Waals surface area contributed by atoms with Crippen LogP contribution in [-0.4, -0.2) is 23.6 Å². The summed E-state index contributed by atoms with van der Waals surface area (Å²) in [5, 5.41) is 9.26. The Morgan fingerprint density at radius 3 is 3.08 bits per heavy atom. The van der Waals surface area contributed by atoms with Crippen LogP contribution in [0.4, 0.5) is 0 Å². The zero-order valence-electron chi connectivity index (χ0n) is 7.41. The van der Waals surface area contributed by atoms with Crippen molar-refractivity contribution >= 4 is 11.8 Å². The first-order chi connectivity index (χ1) is 5.74. The molecular formula is C9H14O2S. The Morgan fingerprint density at radius 1 is 1.75 bits per heavy atom. The van der Waals surface area contributed by atoms with Crippen molar-refractivity contribution in [2.45, 2.75) is 20.0 Å². The van der Waals surface area contributed by atoms with Crippen molar-refractivity contribution in [1.82, 2.24) is 0 Å². The lowest BCUT2D eigenvalue weighted by Gasteiger charge is -2.15. The van der Waals surface area contributed by atoms with Crippen LogP contribution in [0.1, 0.15) is 13.8 Å². The fourth-order valence-corrected chi connectivity index (χ4v) is 1.71. The monoisotopic (exact) mass is 186 g/mol. The van der Waals surface area contributed by atoms with Crippen LogP contribution >= 0.6 is 11.8 Å². The molecule has 12 heavy (non-hydrogen) atoms. The van der Waals surface area contributed by atoms with E-state index >= 15 is 0 Å². The fraction of sp³-hybridized carbons (Fsp3) is 0.556. The van der Waals surface area contributed by atoms with Crippen LogP contribution in [0.2, 0.25) is 0 Å². The van der Waals surface area contributed by atoms with Crippen molar-refractivity contribution in [3.63, 3.8) is 0 Å². The van der Waals surface area contributed by atoms with Crippen molar-refractivity contribution in [2.24, 2.45) is 0 Å². The third-order valence-corrected chi connectivity index (χ3v) is 2.48. The van der Waals surface area contributed by atoms with E-state index in [0.717, 1.165) is 11.3 Å². The van der Waals surface area contributed by atoms with Gasteiger partial charge in [-0.2, -0.15) is 0 Å². The summed E-state index contributed by atoms with van der Waals surface area (Å²) in [7, 11) is 0. The molecule has 1 rings (SSSR count). The lowest BCUT2D eigenvalue weighted by Crippen LogP contribution is -2.08. The molecule has 1 atom stereocenters. The maximum absolute atomic E-state index is 9.26. The molecule has 1 aliphatic rings. The van der Waals surface area contributed by atoms with E-state index in [1.165, 1.54) is 4.91 Å². The minimum Gasteiger partial charge on any atom is -0.496 e. The number of rotatable bonds is 3. The van der Waals surface area contributed by atoms with Crippen LogP contribution in [0, 0.1) is 0 Å². The Balaban J connectivity index is 2.61. The zero-order valence-corrected chi connectivity index (χ0v) is 8.23. The van der Waals surface area contributed by atoms with Gasteiger partial charge in [0.2, 0.25) is 0 Å². The summed E-state index contributed by atoms with van der Waals surface area (Å²) >= 11 is 1.76. The quantitative estimate of drug-likeness (QED) is 0.730. The Labute approximate surface area is 77.3 Å². The highest BCUT2D eigenvalue weighted by molar-refractivity contribution is 8.03. The maximum atomic E-state index is 9.26. The molecule has 0 radical (unpaired) electrons. The Hall–Kier alpha value is -0.410. The third-order valence-electron chi connectivity index (χ3n) is 1.58. The summed E-state index contributed by atoms with van der Waals surface area (Å²) in [4.78, 5) is 1.19. The summed E-state index contributed by atoms with van der Waals surface area (Å²) in [6.45, 7) is 4.49. The zero-order chi connectivity index (χ0) is 8.97. The lowest BCUT2D eigenvalue weighted by atomic mass is 10.1. The molecule has 68 valence electrons. The van der Waals surface area contributed by atoms with E-state index in [-0.39, 0.29) is 0 Å². The lowest BCUT2D eigenvalue weighted by molar-refractivity contribution is 0.216. The normalized spacial score (nSPS) is 19.2. The van der Waals surface area contributed by atoms with Gasteiger partial charge < -0.3 is 9.84 Å². The van der Waals surface area contributed by atoms with Crippen LogP contribution in [0.3, 0.4) is 0 Å². The summed E-state index contributed by atoms with van der Waals surface area (Å²) in [6, 6.07) is 0. The van der Waals surface area contributed by atoms with Crippen LogP contribution < -0.4 is 0 Å². The fourth-order valence-electron chi connectivity index (χ4n) is 0.969. The standard InChI is InChI=1S/C9H14O2S/c1-3-12-9-4-8(7(2)10)5-11-6-9/h4-5,7,10H,3,6H2,1-2H3. The number of aliphatic hydroxyl groups excluding tert-OH is 1. The van der Waals surface area contributed by atoms with Crippen LogP contribution in [0.25, 0.3) is 0 Å². The molecule has 3 heteroatoms. The van der Waals surface area contributed by atoms with Gasteiger partial charge in [-0.05, 0) is 18.8 Å². The van der Waals surface area contributed by atoms with E-state index in [2.05, 4.69) is 6.92 Å². The van der Waals surface area contributed by atoms with E-state index < -0.39 is 6.10 Å². The molecule has 0 aromatic rings. The minimum absolute atomic E-state index is 0.433. The third kappa shape index (κ3) is 2.57. The molecule has 1 heterocycles. The van der Waals surface area contributed by atoms with Crippen molar-refractivity contribution in [1.29, 1.82) is 0 Å². The van der Waals surface area contributed by atoms with Crippen molar-refractivity contribution in [3.05, 3.63) is 22.8 Å². The second-order valence-electron chi connectivity index (χ2n) is 2.65. The second-order valence-corrected chi connectivity index (χ2v) is 4.04. The van der Waals surface area contributed by atoms with Crippen molar-refractivity contribution in [2.75, 3.05) is 12.4 Å². The van der Waals surface area contributed by atoms with Gasteiger partial charge in [0, 0.05) is 10.5 Å². The smallest absolute Gasteiger partial charge is 0.118 e. The van der Waals surface area contributed by atoms with Crippen molar-refractivity contribution in [3.8, 4) is 0 Å². The van der Waals surface area contributed by atoms with E-state index in [1.54, 1.807) is 24.9 Å². The van der Waals surface area contributed by atoms with Gasteiger partial charge in [0.25, 0.3) is 0 Å². The summed E-state index contributed by atoms with van der Waals surface area (Å²) < 4.78 is 5.20. The molecule has 0 fully saturated rings. The molecule has 1 aliphatic heterocycles. The highest BCUT2D eigenvalue weighted by Crippen LogP contribution is 2.22. The number of hydrogen-bond acceptors (Lipinski definition) is 3. The van der Waals surface area contributed by atoms with E-state index in [9.17, 15) is 5.11 Å². The minimum atomic E-state index is -0.433. The predicted molar refractivity (Wildman–Crippen MR) is 51.9 cm³/mol. The molecule has 0 aliphatic carbocycles. The predicted octanol–water partition coefficient (Wildman–Crippen LogP) is 1.92. The Bertz CT molecular complexity index is 207. The first-order valence-electron chi connectivity index (χ1n) is 4.07. The van der Waals surface area contributed by atoms with Gasteiger partial charge >= 0.3 is 0 Å². The van der Waals surface area contributed by atoms with E-state index in [4.69, 9.17) is 4.74 Å². The van der Waals surface area contributed by atoms with Gasteiger partial charge in [0.15, 0.2) is 0 Å². The highest BCUT2D eigenvalue weighted by Gasteiger charge is 2.09. The van der Waals surface area contributed by atoms with Gasteiger partial charge in [0.1, 0.15) is 6.61 Å². The van der Waals surface area contributed by atoms with Gasteiger partial charge in [-0.25, -0.2) is 0 Å². The number of ether oxygens (including phenoxy) is 1. The van der Waals surface area contributed by atoms with Gasteiger partial charge in [-0.1, -0.05) is 6.92 Å². The molecule has 1 unspecified atom stereocenters. The molecule has 1 N–H and O–H groups in total. The average Bonchev–Trinajstić information content (AvgIpc) is 2.05. The van der Waals surface area contributed by atoms with Gasteiger partial charge in [-0.3, -0.25) is 0 Å². The molecule has 2 nitrogen and oxygen atoms in total. The molecule has 0 amide bonds. The SMILES string of the molecule is CCSC1=CC(C(C)O)=COC1. The second kappa shape index (κ2) is 4.58. The van der Waals surface area contributed by atoms with E-state index in [0.29, 0.717) is 6.61 Å². The highest BCUT2D eigenvalue weighted by atomic mass is 32.2. The summed E-state index contributed by atoms with van der Waals surface area (Å²) in [5.74, 6) is 1.04. The first-order valence-corrected chi connectivity index (χ1v) is 5.05. The van der Waals surface area contributed by atoms with Crippen LogP contribution in [-0.2, 0) is 4.74 Å². The van der Waals surface area contributed by atoms with Crippen LogP contribution in [0.15, 0.2) is 22.8 Å². The number of thioether (sulfide) groups is 1. The average molecular weight is 186 g/mol. The topological polar surface area (TPSA) is 29.5 Å². The molecule has 0 aromatic heterocycles. The molecular weight excluding hydrogens is 172 g/mol. The van der Waals surface area contributed by atoms with Gasteiger partial charge in [0.05, 0.1) is 12.4 Å². The molecule has 0 saturated heterocycles.